The van der Waals surface area contributed by atoms with E-state index in [1.54, 1.807) is 12.4 Å². The third-order valence-electron chi connectivity index (χ3n) is 2.91. The molecule has 0 radical (unpaired) electrons. The minimum atomic E-state index is 0.447. The number of rotatable bonds is 3. The van der Waals surface area contributed by atoms with Gasteiger partial charge in [0.2, 0.25) is 0 Å². The maximum atomic E-state index is 5.61. The first-order valence-corrected chi connectivity index (χ1v) is 5.66. The molecule has 0 atom stereocenters. The van der Waals surface area contributed by atoms with E-state index in [1.807, 2.05) is 0 Å². The first-order chi connectivity index (χ1) is 7.40. The monoisotopic (exact) mass is 206 g/mol. The highest BCUT2D eigenvalue weighted by Gasteiger charge is 2.14. The molecule has 0 bridgehead atoms. The SMILES string of the molecule is NCc1nccnc1NC1CCCCC1. The lowest BCUT2D eigenvalue weighted by molar-refractivity contribution is 0.461. The molecule has 4 nitrogen and oxygen atoms in total. The molecule has 0 unspecified atom stereocenters. The zero-order chi connectivity index (χ0) is 10.5. The van der Waals surface area contributed by atoms with Crippen molar-refractivity contribution < 1.29 is 0 Å². The molecule has 1 aromatic rings. The van der Waals surface area contributed by atoms with Gasteiger partial charge in [-0.1, -0.05) is 19.3 Å². The highest BCUT2D eigenvalue weighted by atomic mass is 15.0. The van der Waals surface area contributed by atoms with Crippen LogP contribution in [-0.4, -0.2) is 16.0 Å². The zero-order valence-electron chi connectivity index (χ0n) is 8.95. The largest absolute Gasteiger partial charge is 0.366 e. The van der Waals surface area contributed by atoms with E-state index in [2.05, 4.69) is 15.3 Å². The molecule has 15 heavy (non-hydrogen) atoms. The van der Waals surface area contributed by atoms with E-state index in [1.165, 1.54) is 32.1 Å². The summed E-state index contributed by atoms with van der Waals surface area (Å²) in [6, 6.07) is 0.556. The van der Waals surface area contributed by atoms with Crippen LogP contribution >= 0.6 is 0 Å². The molecule has 0 aliphatic heterocycles. The Balaban J connectivity index is 2.02. The first kappa shape index (κ1) is 10.4. The standard InChI is InChI=1S/C11H18N4/c12-8-10-11(14-7-6-13-10)15-9-4-2-1-3-5-9/h6-7,9H,1-5,8,12H2,(H,14,15). The van der Waals surface area contributed by atoms with Crippen molar-refractivity contribution in [1.29, 1.82) is 0 Å². The lowest BCUT2D eigenvalue weighted by Crippen LogP contribution is -2.24. The van der Waals surface area contributed by atoms with E-state index in [-0.39, 0.29) is 0 Å². The van der Waals surface area contributed by atoms with Crippen molar-refractivity contribution >= 4 is 5.82 Å². The molecule has 0 saturated heterocycles. The summed E-state index contributed by atoms with van der Waals surface area (Å²) in [7, 11) is 0. The van der Waals surface area contributed by atoms with Crippen LogP contribution in [-0.2, 0) is 6.54 Å². The summed E-state index contributed by atoms with van der Waals surface area (Å²) in [5, 5.41) is 3.45. The second-order valence-corrected chi connectivity index (χ2v) is 4.04. The van der Waals surface area contributed by atoms with Crippen LogP contribution in [0.1, 0.15) is 37.8 Å². The third-order valence-corrected chi connectivity index (χ3v) is 2.91. The Morgan fingerprint density at radius 3 is 2.67 bits per heavy atom. The number of nitrogens with zero attached hydrogens (tertiary/aromatic N) is 2. The fourth-order valence-corrected chi connectivity index (χ4v) is 2.08. The zero-order valence-corrected chi connectivity index (χ0v) is 8.95. The molecule has 2 rings (SSSR count). The molecule has 1 saturated carbocycles. The van der Waals surface area contributed by atoms with Crippen LogP contribution in [0.15, 0.2) is 12.4 Å². The molecule has 0 spiro atoms. The molecule has 1 aliphatic carbocycles. The Morgan fingerprint density at radius 1 is 1.20 bits per heavy atom. The Bertz CT molecular complexity index is 307. The maximum Gasteiger partial charge on any atom is 0.149 e. The van der Waals surface area contributed by atoms with E-state index in [4.69, 9.17) is 5.73 Å². The van der Waals surface area contributed by atoms with Gasteiger partial charge in [-0.05, 0) is 12.8 Å². The summed E-state index contributed by atoms with van der Waals surface area (Å²) in [4.78, 5) is 8.50. The summed E-state index contributed by atoms with van der Waals surface area (Å²) in [6.07, 6.45) is 9.87. The predicted molar refractivity (Wildman–Crippen MR) is 60.4 cm³/mol. The van der Waals surface area contributed by atoms with Gasteiger partial charge in [-0.25, -0.2) is 4.98 Å². The van der Waals surface area contributed by atoms with Crippen LogP contribution < -0.4 is 11.1 Å². The molecule has 1 fully saturated rings. The van der Waals surface area contributed by atoms with Gasteiger partial charge >= 0.3 is 0 Å². The summed E-state index contributed by atoms with van der Waals surface area (Å²) in [6.45, 7) is 0.447. The molecule has 0 amide bonds. The molecule has 1 aromatic heterocycles. The van der Waals surface area contributed by atoms with Gasteiger partial charge in [0.05, 0.1) is 5.69 Å². The van der Waals surface area contributed by atoms with Gasteiger partial charge in [-0.15, -0.1) is 0 Å². The van der Waals surface area contributed by atoms with Crippen molar-refractivity contribution in [1.82, 2.24) is 9.97 Å². The number of hydrogen-bond acceptors (Lipinski definition) is 4. The summed E-state index contributed by atoms with van der Waals surface area (Å²) in [5.41, 5.74) is 6.48. The minimum Gasteiger partial charge on any atom is -0.366 e. The third kappa shape index (κ3) is 2.65. The van der Waals surface area contributed by atoms with Gasteiger partial charge in [0.1, 0.15) is 5.82 Å². The van der Waals surface area contributed by atoms with Crippen molar-refractivity contribution in [2.45, 2.75) is 44.7 Å². The second-order valence-electron chi connectivity index (χ2n) is 4.04. The Kier molecular flexibility index (Phi) is 3.50. The topological polar surface area (TPSA) is 63.8 Å². The fourth-order valence-electron chi connectivity index (χ4n) is 2.08. The molecular weight excluding hydrogens is 188 g/mol. The van der Waals surface area contributed by atoms with E-state index >= 15 is 0 Å². The normalized spacial score (nSPS) is 17.7. The summed E-state index contributed by atoms with van der Waals surface area (Å²) >= 11 is 0. The Morgan fingerprint density at radius 2 is 1.93 bits per heavy atom. The van der Waals surface area contributed by atoms with Gasteiger partial charge in [-0.2, -0.15) is 0 Å². The lowest BCUT2D eigenvalue weighted by atomic mass is 9.95. The summed E-state index contributed by atoms with van der Waals surface area (Å²) < 4.78 is 0. The van der Waals surface area contributed by atoms with Gasteiger partial charge in [0.25, 0.3) is 0 Å². The highest BCUT2D eigenvalue weighted by molar-refractivity contribution is 5.40. The van der Waals surface area contributed by atoms with Gasteiger partial charge < -0.3 is 11.1 Å². The van der Waals surface area contributed by atoms with Gasteiger partial charge in [0, 0.05) is 25.0 Å². The maximum absolute atomic E-state index is 5.61. The molecule has 0 aromatic carbocycles. The number of hydrogen-bond donors (Lipinski definition) is 2. The molecular formula is C11H18N4. The molecule has 82 valence electrons. The van der Waals surface area contributed by atoms with E-state index in [0.29, 0.717) is 12.6 Å². The number of nitrogens with two attached hydrogens (primary N) is 1. The first-order valence-electron chi connectivity index (χ1n) is 5.66. The van der Waals surface area contributed by atoms with Crippen molar-refractivity contribution in [2.24, 2.45) is 5.73 Å². The quantitative estimate of drug-likeness (QED) is 0.789. The molecule has 4 heteroatoms. The van der Waals surface area contributed by atoms with E-state index < -0.39 is 0 Å². The number of anilines is 1. The second kappa shape index (κ2) is 5.07. The van der Waals surface area contributed by atoms with Crippen molar-refractivity contribution in [2.75, 3.05) is 5.32 Å². The Labute approximate surface area is 90.3 Å². The van der Waals surface area contributed by atoms with Crippen LogP contribution in [0.2, 0.25) is 0 Å². The fraction of sp³-hybridized carbons (Fsp3) is 0.636. The molecule has 1 aliphatic rings. The van der Waals surface area contributed by atoms with Gasteiger partial charge in [-0.3, -0.25) is 4.98 Å². The Hall–Kier alpha value is -1.16. The van der Waals surface area contributed by atoms with Crippen molar-refractivity contribution in [3.8, 4) is 0 Å². The van der Waals surface area contributed by atoms with Crippen molar-refractivity contribution in [3.63, 3.8) is 0 Å². The average molecular weight is 206 g/mol. The predicted octanol–water partition coefficient (Wildman–Crippen LogP) is 1.68. The van der Waals surface area contributed by atoms with Crippen LogP contribution in [0, 0.1) is 0 Å². The van der Waals surface area contributed by atoms with Crippen LogP contribution in [0.5, 0.6) is 0 Å². The van der Waals surface area contributed by atoms with Crippen molar-refractivity contribution in [3.05, 3.63) is 18.1 Å². The van der Waals surface area contributed by atoms with Crippen LogP contribution in [0.25, 0.3) is 0 Å². The average Bonchev–Trinajstić information content (AvgIpc) is 2.31. The minimum absolute atomic E-state index is 0.447. The smallest absolute Gasteiger partial charge is 0.149 e. The molecule has 3 N–H and O–H groups in total. The lowest BCUT2D eigenvalue weighted by Gasteiger charge is -2.23. The molecule has 1 heterocycles. The van der Waals surface area contributed by atoms with Crippen LogP contribution in [0.3, 0.4) is 0 Å². The number of aromatic nitrogens is 2. The summed E-state index contributed by atoms with van der Waals surface area (Å²) in [5.74, 6) is 0.868. The van der Waals surface area contributed by atoms with E-state index in [0.717, 1.165) is 11.5 Å². The van der Waals surface area contributed by atoms with Crippen LogP contribution in [0.4, 0.5) is 5.82 Å². The highest BCUT2D eigenvalue weighted by Crippen LogP contribution is 2.21. The van der Waals surface area contributed by atoms with Gasteiger partial charge in [0.15, 0.2) is 0 Å². The number of nitrogens with one attached hydrogen (secondary N) is 1. The van der Waals surface area contributed by atoms with E-state index in [9.17, 15) is 0 Å².